The Morgan fingerprint density at radius 3 is 2.67 bits per heavy atom. The van der Waals surface area contributed by atoms with Crippen LogP contribution in [0.1, 0.15) is 25.3 Å². The van der Waals surface area contributed by atoms with Crippen molar-refractivity contribution in [2.75, 3.05) is 11.1 Å². The first-order valence-electron chi connectivity index (χ1n) is 8.20. The second-order valence-corrected chi connectivity index (χ2v) is 8.35. The van der Waals surface area contributed by atoms with E-state index in [9.17, 15) is 4.79 Å². The lowest BCUT2D eigenvalue weighted by Gasteiger charge is -2.09. The number of benzene rings is 2. The van der Waals surface area contributed by atoms with Crippen molar-refractivity contribution in [3.63, 3.8) is 0 Å². The Kier molecular flexibility index (Phi) is 6.51. The summed E-state index contributed by atoms with van der Waals surface area (Å²) in [6, 6.07) is 13.3. The summed E-state index contributed by atoms with van der Waals surface area (Å²) >= 11 is 10.7. The molecule has 0 spiro atoms. The lowest BCUT2D eigenvalue weighted by atomic mass is 10.0. The molecule has 0 atom stereocenters. The molecule has 0 fully saturated rings. The summed E-state index contributed by atoms with van der Waals surface area (Å²) < 4.78 is 2.47. The maximum absolute atomic E-state index is 12.2. The molecule has 0 aliphatic heterocycles. The third-order valence-electron chi connectivity index (χ3n) is 3.78. The van der Waals surface area contributed by atoms with E-state index in [0.29, 0.717) is 21.8 Å². The van der Waals surface area contributed by atoms with Gasteiger partial charge in [0.1, 0.15) is 0 Å². The summed E-state index contributed by atoms with van der Waals surface area (Å²) in [4.78, 5) is 12.2. The molecular formula is C18H17BrClN5OS. The molecule has 0 saturated carbocycles. The number of thioether (sulfide) groups is 1. The van der Waals surface area contributed by atoms with E-state index in [4.69, 9.17) is 11.6 Å². The molecule has 2 aromatic carbocycles. The van der Waals surface area contributed by atoms with Crippen LogP contribution in [0.4, 0.5) is 5.69 Å². The fraction of sp³-hybridized carbons (Fsp3) is 0.222. The summed E-state index contributed by atoms with van der Waals surface area (Å²) in [5, 5.41) is 15.6. The van der Waals surface area contributed by atoms with Gasteiger partial charge in [0.25, 0.3) is 0 Å². The normalized spacial score (nSPS) is 11.0. The molecule has 140 valence electrons. The van der Waals surface area contributed by atoms with Gasteiger partial charge in [-0.2, -0.15) is 4.68 Å². The average Bonchev–Trinajstić information content (AvgIpc) is 3.11. The first-order valence-corrected chi connectivity index (χ1v) is 10.4. The minimum absolute atomic E-state index is 0.164. The summed E-state index contributed by atoms with van der Waals surface area (Å²) in [5.41, 5.74) is 2.66. The molecule has 1 amide bonds. The number of carbonyl (C=O) groups excluding carboxylic acids is 1. The Bertz CT molecular complexity index is 945. The van der Waals surface area contributed by atoms with Crippen LogP contribution in [0.3, 0.4) is 0 Å². The zero-order valence-corrected chi connectivity index (χ0v) is 17.8. The molecule has 1 heterocycles. The van der Waals surface area contributed by atoms with Gasteiger partial charge in [-0.25, -0.2) is 0 Å². The van der Waals surface area contributed by atoms with Crippen LogP contribution in [0.25, 0.3) is 5.69 Å². The molecule has 3 aromatic rings. The van der Waals surface area contributed by atoms with Crippen LogP contribution in [0, 0.1) is 0 Å². The van der Waals surface area contributed by atoms with Crippen molar-refractivity contribution in [3.8, 4) is 5.69 Å². The number of aromatic nitrogens is 4. The monoisotopic (exact) mass is 465 g/mol. The molecule has 27 heavy (non-hydrogen) atoms. The minimum Gasteiger partial charge on any atom is -0.324 e. The van der Waals surface area contributed by atoms with E-state index < -0.39 is 0 Å². The summed E-state index contributed by atoms with van der Waals surface area (Å²) in [5.74, 6) is 0.432. The number of carbonyl (C=O) groups is 1. The second-order valence-electron chi connectivity index (χ2n) is 6.08. The molecule has 0 unspecified atom stereocenters. The third kappa shape index (κ3) is 5.09. The lowest BCUT2D eigenvalue weighted by Crippen LogP contribution is -2.15. The number of hydrogen-bond acceptors (Lipinski definition) is 5. The van der Waals surface area contributed by atoms with Crippen molar-refractivity contribution in [2.45, 2.75) is 24.9 Å². The predicted octanol–water partition coefficient (Wildman–Crippen LogP) is 4.93. The highest BCUT2D eigenvalue weighted by Gasteiger charge is 2.13. The Hall–Kier alpha value is -1.90. The maximum Gasteiger partial charge on any atom is 0.234 e. The Morgan fingerprint density at radius 1 is 1.26 bits per heavy atom. The van der Waals surface area contributed by atoms with Gasteiger partial charge in [-0.1, -0.05) is 65.3 Å². The highest BCUT2D eigenvalue weighted by atomic mass is 79.9. The largest absolute Gasteiger partial charge is 0.324 e. The van der Waals surface area contributed by atoms with Gasteiger partial charge in [0.05, 0.1) is 22.2 Å². The summed E-state index contributed by atoms with van der Waals surface area (Å²) in [7, 11) is 0. The van der Waals surface area contributed by atoms with Crippen molar-refractivity contribution >= 4 is 50.9 Å². The van der Waals surface area contributed by atoms with Crippen molar-refractivity contribution in [1.29, 1.82) is 0 Å². The standard InChI is InChI=1S/C18H17BrClN5OS/c1-11(2)12-3-6-14(7-4-12)25-18(22-23-24-25)27-10-17(26)21-16-8-5-13(19)9-15(16)20/h3-9,11H,10H2,1-2H3,(H,21,26). The van der Waals surface area contributed by atoms with E-state index in [1.165, 1.54) is 17.3 Å². The van der Waals surface area contributed by atoms with Crippen LogP contribution in [-0.2, 0) is 4.79 Å². The molecule has 6 nitrogen and oxygen atoms in total. The highest BCUT2D eigenvalue weighted by Crippen LogP contribution is 2.26. The molecule has 1 aromatic heterocycles. The molecule has 0 radical (unpaired) electrons. The summed E-state index contributed by atoms with van der Waals surface area (Å²) in [6.07, 6.45) is 0. The fourth-order valence-electron chi connectivity index (χ4n) is 2.34. The molecule has 0 aliphatic carbocycles. The van der Waals surface area contributed by atoms with Crippen LogP contribution < -0.4 is 5.32 Å². The zero-order valence-electron chi connectivity index (χ0n) is 14.7. The number of tetrazole rings is 1. The van der Waals surface area contributed by atoms with Gasteiger partial charge in [-0.05, 0) is 52.2 Å². The minimum atomic E-state index is -0.186. The van der Waals surface area contributed by atoms with Gasteiger partial charge in [-0.3, -0.25) is 4.79 Å². The van der Waals surface area contributed by atoms with Gasteiger partial charge in [-0.15, -0.1) is 5.10 Å². The van der Waals surface area contributed by atoms with E-state index in [1.807, 2.05) is 18.2 Å². The molecule has 0 saturated heterocycles. The Morgan fingerprint density at radius 2 is 2.00 bits per heavy atom. The van der Waals surface area contributed by atoms with Gasteiger partial charge in [0, 0.05) is 4.47 Å². The van der Waals surface area contributed by atoms with Crippen molar-refractivity contribution in [3.05, 3.63) is 57.5 Å². The predicted molar refractivity (Wildman–Crippen MR) is 112 cm³/mol. The van der Waals surface area contributed by atoms with Gasteiger partial charge < -0.3 is 5.32 Å². The smallest absolute Gasteiger partial charge is 0.234 e. The number of anilines is 1. The van der Waals surface area contributed by atoms with E-state index in [2.05, 4.69) is 62.8 Å². The first-order chi connectivity index (χ1) is 12.9. The van der Waals surface area contributed by atoms with Gasteiger partial charge in [0.15, 0.2) is 0 Å². The average molecular weight is 467 g/mol. The number of halogens is 2. The van der Waals surface area contributed by atoms with E-state index in [-0.39, 0.29) is 11.7 Å². The fourth-order valence-corrected chi connectivity index (χ4v) is 3.75. The zero-order chi connectivity index (χ0) is 19.4. The van der Waals surface area contributed by atoms with E-state index >= 15 is 0 Å². The second kappa shape index (κ2) is 8.86. The molecule has 0 aliphatic rings. The molecule has 1 N–H and O–H groups in total. The van der Waals surface area contributed by atoms with E-state index in [0.717, 1.165) is 10.2 Å². The van der Waals surface area contributed by atoms with Crippen LogP contribution in [-0.4, -0.2) is 31.9 Å². The number of rotatable bonds is 6. The molecule has 0 bridgehead atoms. The maximum atomic E-state index is 12.2. The van der Waals surface area contributed by atoms with E-state index in [1.54, 1.807) is 16.8 Å². The van der Waals surface area contributed by atoms with Crippen LogP contribution in [0.15, 0.2) is 52.1 Å². The van der Waals surface area contributed by atoms with Crippen LogP contribution >= 0.6 is 39.3 Å². The van der Waals surface area contributed by atoms with Crippen LogP contribution in [0.2, 0.25) is 5.02 Å². The number of amides is 1. The topological polar surface area (TPSA) is 72.7 Å². The van der Waals surface area contributed by atoms with Gasteiger partial charge in [0.2, 0.25) is 11.1 Å². The number of hydrogen-bond donors (Lipinski definition) is 1. The Balaban J connectivity index is 1.65. The van der Waals surface area contributed by atoms with Gasteiger partial charge >= 0.3 is 0 Å². The van der Waals surface area contributed by atoms with Crippen molar-refractivity contribution in [1.82, 2.24) is 20.2 Å². The first kappa shape index (κ1) is 19.9. The molecular weight excluding hydrogens is 450 g/mol. The summed E-state index contributed by atoms with van der Waals surface area (Å²) in [6.45, 7) is 4.28. The third-order valence-corrected chi connectivity index (χ3v) is 5.51. The van der Waals surface area contributed by atoms with Crippen molar-refractivity contribution in [2.24, 2.45) is 0 Å². The quantitative estimate of drug-likeness (QED) is 0.521. The molecule has 9 heteroatoms. The van der Waals surface area contributed by atoms with Crippen molar-refractivity contribution < 1.29 is 4.79 Å². The lowest BCUT2D eigenvalue weighted by molar-refractivity contribution is -0.113. The highest BCUT2D eigenvalue weighted by molar-refractivity contribution is 9.10. The number of nitrogens with one attached hydrogen (secondary N) is 1. The Labute approximate surface area is 174 Å². The van der Waals surface area contributed by atoms with Crippen LogP contribution in [0.5, 0.6) is 0 Å². The SMILES string of the molecule is CC(C)c1ccc(-n2nnnc2SCC(=O)Nc2ccc(Br)cc2Cl)cc1. The number of nitrogens with zero attached hydrogens (tertiary/aromatic N) is 4. The molecule has 3 rings (SSSR count).